The first-order valence-corrected chi connectivity index (χ1v) is 11.5. The van der Waals surface area contributed by atoms with Crippen LogP contribution in [0.15, 0.2) is 65.3 Å². The molecule has 2 aliphatic rings. The minimum Gasteiger partial charge on any atom is -0.506 e. The molecule has 190 valence electrons. The average Bonchev–Trinajstić information content (AvgIpc) is 2.78. The lowest BCUT2D eigenvalue weighted by Crippen LogP contribution is -2.54. The van der Waals surface area contributed by atoms with Gasteiger partial charge < -0.3 is 19.8 Å². The molecule has 0 unspecified atom stereocenters. The number of allylic oxidation sites excluding steroid dienone is 2. The van der Waals surface area contributed by atoms with Crippen molar-refractivity contribution in [1.29, 1.82) is 5.41 Å². The fraction of sp³-hybridized carbons (Fsp3) is 0.296. The number of methoxy groups -OCH3 is 1. The largest absolute Gasteiger partial charge is 0.506 e. The Morgan fingerprint density at radius 3 is 2.53 bits per heavy atom. The van der Waals surface area contributed by atoms with Crippen molar-refractivity contribution in [3.63, 3.8) is 0 Å². The van der Waals surface area contributed by atoms with Gasteiger partial charge in [0, 0.05) is 24.5 Å². The number of phenols is 1. The Kier molecular flexibility index (Phi) is 8.16. The van der Waals surface area contributed by atoms with Gasteiger partial charge in [-0.25, -0.2) is 14.7 Å². The quantitative estimate of drug-likeness (QED) is 0.509. The Bertz CT molecular complexity index is 1240. The number of hydrogen-bond donors (Lipinski definition) is 4. The number of amidine groups is 2. The lowest BCUT2D eigenvalue weighted by atomic mass is 10.1. The predicted octanol–water partition coefficient (Wildman–Crippen LogP) is 4.27. The third-order valence-electron chi connectivity index (χ3n) is 5.73. The van der Waals surface area contributed by atoms with Crippen LogP contribution in [0, 0.1) is 19.3 Å². The number of aromatic hydroxyl groups is 1. The maximum atomic E-state index is 12.4. The van der Waals surface area contributed by atoms with Crippen LogP contribution in [0.5, 0.6) is 11.5 Å². The number of nitrogens with one attached hydrogen (secondary N) is 2. The van der Waals surface area contributed by atoms with Crippen molar-refractivity contribution in [1.82, 2.24) is 5.32 Å². The van der Waals surface area contributed by atoms with E-state index in [1.165, 1.54) is 30.0 Å². The molecular formula is C27H33N5O4. The van der Waals surface area contributed by atoms with E-state index < -0.39 is 6.03 Å². The number of aliphatic imine (C=N–C) groups is 1. The van der Waals surface area contributed by atoms with Crippen LogP contribution in [0.3, 0.4) is 0 Å². The number of β-amino-alcohol motifs (C(OH)–C–C–N with tert-alkyl or cyclic N) is 1. The number of hydrogen-bond acceptors (Lipinski definition) is 7. The summed E-state index contributed by atoms with van der Waals surface area (Å²) in [6, 6.07) is 10.4. The van der Waals surface area contributed by atoms with E-state index in [0.717, 1.165) is 18.0 Å². The molecule has 0 atom stereocenters. The maximum absolute atomic E-state index is 12.4. The summed E-state index contributed by atoms with van der Waals surface area (Å²) in [5.41, 5.74) is 4.87. The van der Waals surface area contributed by atoms with Crippen LogP contribution in [0.4, 0.5) is 16.2 Å². The van der Waals surface area contributed by atoms with Crippen molar-refractivity contribution < 1.29 is 19.7 Å². The zero-order chi connectivity index (χ0) is 26.6. The summed E-state index contributed by atoms with van der Waals surface area (Å²) in [6.45, 7) is 12.9. The Morgan fingerprint density at radius 1 is 1.28 bits per heavy atom. The number of ether oxygens (including phenoxy) is 1. The second-order valence-electron chi connectivity index (χ2n) is 8.69. The van der Waals surface area contributed by atoms with E-state index in [2.05, 4.69) is 53.8 Å². The molecule has 2 aromatic carbocycles. The molecule has 0 radical (unpaired) electrons. The molecule has 2 saturated heterocycles. The lowest BCUT2D eigenvalue weighted by molar-refractivity contribution is 0.142. The van der Waals surface area contributed by atoms with Crippen LogP contribution < -0.4 is 19.9 Å². The van der Waals surface area contributed by atoms with Crippen LogP contribution in [-0.4, -0.2) is 54.2 Å². The number of urea groups is 1. The number of aliphatic hydroxyl groups excluding tert-OH is 1. The number of phenolic OH excluding ortho intramolecular Hbond substituents is 1. The Balaban J connectivity index is 0.000000233. The third kappa shape index (κ3) is 5.58. The standard InChI is InChI=1S/C16H18N4O3.C11H15NO/c1-5-10-14(17)20(16(22)19-15(10)18-9(2)3)13-11(21)7-6-8-12(13)23-4;1-8-3-4-11(9(2)5-8)12-6-10(13)7-12/h5-8,17,21H,2H2,1,3-4H3,(H,18,19,22);3-5,10,13H,6-7H2,1-2H3/b10-5-,17-14?;. The third-order valence-corrected chi connectivity index (χ3v) is 5.73. The zero-order valence-electron chi connectivity index (χ0n) is 21.3. The van der Waals surface area contributed by atoms with Crippen LogP contribution in [0.2, 0.25) is 0 Å². The Hall–Kier alpha value is -4.11. The Morgan fingerprint density at radius 2 is 1.97 bits per heavy atom. The summed E-state index contributed by atoms with van der Waals surface area (Å²) in [4.78, 5) is 19.8. The summed E-state index contributed by atoms with van der Waals surface area (Å²) in [5.74, 6) is 0.248. The molecule has 0 saturated carbocycles. The predicted molar refractivity (Wildman–Crippen MR) is 144 cm³/mol. The second kappa shape index (κ2) is 11.1. The van der Waals surface area contributed by atoms with Gasteiger partial charge in [0.05, 0.1) is 18.8 Å². The van der Waals surface area contributed by atoms with Crippen molar-refractivity contribution >= 4 is 29.1 Å². The van der Waals surface area contributed by atoms with Crippen LogP contribution in [0.1, 0.15) is 25.0 Å². The lowest BCUT2D eigenvalue weighted by Gasteiger charge is -2.38. The van der Waals surface area contributed by atoms with E-state index in [0.29, 0.717) is 11.3 Å². The molecule has 0 spiro atoms. The van der Waals surface area contributed by atoms with Gasteiger partial charge in [-0.3, -0.25) is 10.7 Å². The fourth-order valence-corrected chi connectivity index (χ4v) is 4.04. The fourth-order valence-electron chi connectivity index (χ4n) is 4.04. The van der Waals surface area contributed by atoms with Crippen LogP contribution >= 0.6 is 0 Å². The second-order valence-corrected chi connectivity index (χ2v) is 8.69. The van der Waals surface area contributed by atoms with E-state index in [1.807, 2.05) is 0 Å². The highest BCUT2D eigenvalue weighted by Crippen LogP contribution is 2.38. The molecule has 4 rings (SSSR count). The molecule has 2 aromatic rings. The van der Waals surface area contributed by atoms with Crippen molar-refractivity contribution in [2.75, 3.05) is 30.0 Å². The molecule has 0 bridgehead atoms. The molecule has 2 fully saturated rings. The molecular weight excluding hydrogens is 458 g/mol. The molecule has 0 aliphatic carbocycles. The minimum atomic E-state index is -0.611. The van der Waals surface area contributed by atoms with Crippen molar-refractivity contribution in [2.24, 2.45) is 4.99 Å². The monoisotopic (exact) mass is 491 g/mol. The number of para-hydroxylation sites is 1. The number of rotatable bonds is 4. The number of carbonyl (C=O) groups is 1. The van der Waals surface area contributed by atoms with Gasteiger partial charge in [-0.05, 0) is 51.5 Å². The normalized spacial score (nSPS) is 17.9. The number of aliphatic hydroxyl groups is 1. The average molecular weight is 492 g/mol. The van der Waals surface area contributed by atoms with Gasteiger partial charge >= 0.3 is 6.03 Å². The first-order chi connectivity index (χ1) is 17.1. The van der Waals surface area contributed by atoms with Crippen molar-refractivity contribution in [2.45, 2.75) is 33.8 Å². The summed E-state index contributed by atoms with van der Waals surface area (Å²) >= 11 is 0. The number of nitrogens with zero attached hydrogens (tertiary/aromatic N) is 3. The van der Waals surface area contributed by atoms with Gasteiger partial charge in [0.2, 0.25) is 0 Å². The van der Waals surface area contributed by atoms with Gasteiger partial charge in [0.15, 0.2) is 0 Å². The molecule has 4 N–H and O–H groups in total. The smallest absolute Gasteiger partial charge is 0.333 e. The first kappa shape index (κ1) is 26.5. The van der Waals surface area contributed by atoms with Crippen molar-refractivity contribution in [3.05, 3.63) is 71.5 Å². The molecule has 9 nitrogen and oxygen atoms in total. The maximum Gasteiger partial charge on any atom is 0.333 e. The zero-order valence-corrected chi connectivity index (χ0v) is 21.3. The highest BCUT2D eigenvalue weighted by Gasteiger charge is 2.35. The van der Waals surface area contributed by atoms with E-state index in [4.69, 9.17) is 10.1 Å². The number of aryl methyl sites for hydroxylation is 2. The van der Waals surface area contributed by atoms with E-state index >= 15 is 0 Å². The van der Waals surface area contributed by atoms with Gasteiger partial charge in [-0.1, -0.05) is 36.4 Å². The molecule has 2 aliphatic heterocycles. The Labute approximate surface area is 211 Å². The highest BCUT2D eigenvalue weighted by atomic mass is 16.5. The van der Waals surface area contributed by atoms with Gasteiger partial charge in [0.25, 0.3) is 0 Å². The van der Waals surface area contributed by atoms with Crippen LogP contribution in [-0.2, 0) is 0 Å². The summed E-state index contributed by atoms with van der Waals surface area (Å²) < 4.78 is 5.19. The summed E-state index contributed by atoms with van der Waals surface area (Å²) in [5, 5.41) is 30.2. The number of carbonyl (C=O) groups excluding carboxylic acids is 1. The van der Waals surface area contributed by atoms with Gasteiger partial charge in [-0.15, -0.1) is 0 Å². The summed E-state index contributed by atoms with van der Waals surface area (Å²) in [6.07, 6.45) is 1.53. The SMILES string of the molecule is C=C(C)N=C1NC(=O)N(c2c(O)cccc2OC)C(=N)/C1=C/C.Cc1ccc(N2CC(O)C2)c(C)c1. The molecule has 2 heterocycles. The molecule has 36 heavy (non-hydrogen) atoms. The van der Waals surface area contributed by atoms with Crippen LogP contribution in [0.25, 0.3) is 0 Å². The van der Waals surface area contributed by atoms with Gasteiger partial charge in [-0.2, -0.15) is 0 Å². The topological polar surface area (TPSA) is 121 Å². The molecule has 0 aromatic heterocycles. The minimum absolute atomic E-state index is 0.103. The number of benzene rings is 2. The van der Waals surface area contributed by atoms with E-state index in [9.17, 15) is 15.0 Å². The highest BCUT2D eigenvalue weighted by molar-refractivity contribution is 6.40. The van der Waals surface area contributed by atoms with Crippen molar-refractivity contribution in [3.8, 4) is 11.5 Å². The molecule has 9 heteroatoms. The number of amides is 2. The number of anilines is 2. The van der Waals surface area contributed by atoms with E-state index in [-0.39, 0.29) is 35.0 Å². The van der Waals surface area contributed by atoms with E-state index in [1.54, 1.807) is 32.1 Å². The first-order valence-electron chi connectivity index (χ1n) is 11.5. The molecule has 2 amide bonds. The summed E-state index contributed by atoms with van der Waals surface area (Å²) in [7, 11) is 1.42. The van der Waals surface area contributed by atoms with Gasteiger partial charge in [0.1, 0.15) is 28.9 Å².